The lowest BCUT2D eigenvalue weighted by Gasteiger charge is -2.08. The van der Waals surface area contributed by atoms with Crippen LogP contribution in [0.5, 0.6) is 5.88 Å². The predicted octanol–water partition coefficient (Wildman–Crippen LogP) is 3.07. The van der Waals surface area contributed by atoms with E-state index in [9.17, 15) is 14.0 Å². The zero-order chi connectivity index (χ0) is 19.4. The molecule has 27 heavy (non-hydrogen) atoms. The molecule has 1 heterocycles. The highest BCUT2D eigenvalue weighted by Gasteiger charge is 2.16. The fraction of sp³-hybridized carbons (Fsp3) is 0.105. The minimum Gasteiger partial charge on any atom is -0.479 e. The van der Waals surface area contributed by atoms with Gasteiger partial charge in [0.2, 0.25) is 5.88 Å². The van der Waals surface area contributed by atoms with Crippen LogP contribution in [0.25, 0.3) is 0 Å². The maximum absolute atomic E-state index is 13.6. The van der Waals surface area contributed by atoms with Crippen molar-refractivity contribution < 1.29 is 18.7 Å². The van der Waals surface area contributed by atoms with Gasteiger partial charge in [0.1, 0.15) is 11.4 Å². The lowest BCUT2D eigenvalue weighted by Crippen LogP contribution is -2.14. The van der Waals surface area contributed by atoms with Crippen molar-refractivity contribution in [1.82, 2.24) is 9.78 Å². The fourth-order valence-corrected chi connectivity index (χ4v) is 2.44. The van der Waals surface area contributed by atoms with Gasteiger partial charge in [0.15, 0.2) is 0 Å². The standard InChI is InChI=1S/C19H17FN4O3/c1-24-11-14(19(23-24)27-2)18(26)21-13-9-7-12(8-10-13)17(25)22-16-6-4-3-5-15(16)20/h3-11H,1-2H3,(H,21,26)(H,22,25). The molecule has 3 aromatic rings. The number of methoxy groups -OCH3 is 1. The first-order valence-electron chi connectivity index (χ1n) is 8.03. The third-order valence-corrected chi connectivity index (χ3v) is 3.76. The average molecular weight is 368 g/mol. The van der Waals surface area contributed by atoms with Crippen LogP contribution in [-0.2, 0) is 7.05 Å². The number of amides is 2. The molecule has 2 aromatic carbocycles. The number of ether oxygens (including phenoxy) is 1. The van der Waals surface area contributed by atoms with Crippen LogP contribution in [0.15, 0.2) is 54.7 Å². The van der Waals surface area contributed by atoms with Gasteiger partial charge in [-0.05, 0) is 36.4 Å². The number of aryl methyl sites for hydroxylation is 1. The number of anilines is 2. The van der Waals surface area contributed by atoms with Crippen LogP contribution in [0.3, 0.4) is 0 Å². The van der Waals surface area contributed by atoms with Gasteiger partial charge in [-0.25, -0.2) is 4.39 Å². The molecule has 0 aliphatic rings. The Kier molecular flexibility index (Phi) is 5.16. The number of nitrogens with one attached hydrogen (secondary N) is 2. The molecule has 0 spiro atoms. The van der Waals surface area contributed by atoms with E-state index in [0.29, 0.717) is 16.8 Å². The maximum atomic E-state index is 13.6. The first-order valence-corrected chi connectivity index (χ1v) is 8.03. The van der Waals surface area contributed by atoms with E-state index in [1.165, 1.54) is 36.1 Å². The molecule has 0 aliphatic carbocycles. The van der Waals surface area contributed by atoms with E-state index in [0.717, 1.165) is 0 Å². The van der Waals surface area contributed by atoms with Gasteiger partial charge < -0.3 is 15.4 Å². The molecule has 0 unspecified atom stereocenters. The lowest BCUT2D eigenvalue weighted by atomic mass is 10.2. The summed E-state index contributed by atoms with van der Waals surface area (Å²) in [7, 11) is 3.12. The van der Waals surface area contributed by atoms with Gasteiger partial charge in [-0.1, -0.05) is 12.1 Å². The van der Waals surface area contributed by atoms with Crippen molar-refractivity contribution in [2.75, 3.05) is 17.7 Å². The van der Waals surface area contributed by atoms with E-state index in [-0.39, 0.29) is 17.5 Å². The summed E-state index contributed by atoms with van der Waals surface area (Å²) in [4.78, 5) is 24.6. The van der Waals surface area contributed by atoms with Crippen molar-refractivity contribution >= 4 is 23.2 Å². The summed E-state index contributed by atoms with van der Waals surface area (Å²) < 4.78 is 20.2. The molecule has 2 N–H and O–H groups in total. The zero-order valence-electron chi connectivity index (χ0n) is 14.7. The first-order chi connectivity index (χ1) is 13.0. The van der Waals surface area contributed by atoms with Gasteiger partial charge in [0, 0.05) is 24.5 Å². The fourth-order valence-electron chi connectivity index (χ4n) is 2.44. The van der Waals surface area contributed by atoms with E-state index >= 15 is 0 Å². The summed E-state index contributed by atoms with van der Waals surface area (Å²) in [6.07, 6.45) is 1.55. The molecular formula is C19H17FN4O3. The minimum absolute atomic E-state index is 0.101. The van der Waals surface area contributed by atoms with Gasteiger partial charge in [-0.15, -0.1) is 5.10 Å². The van der Waals surface area contributed by atoms with Crippen molar-refractivity contribution in [3.63, 3.8) is 0 Å². The molecule has 1 aromatic heterocycles. The largest absolute Gasteiger partial charge is 0.479 e. The summed E-state index contributed by atoms with van der Waals surface area (Å²) in [5.41, 5.74) is 1.22. The van der Waals surface area contributed by atoms with Crippen LogP contribution in [0, 0.1) is 5.82 Å². The number of carbonyl (C=O) groups is 2. The maximum Gasteiger partial charge on any atom is 0.262 e. The van der Waals surface area contributed by atoms with Gasteiger partial charge >= 0.3 is 0 Å². The molecular weight excluding hydrogens is 351 g/mol. The number of hydrogen-bond donors (Lipinski definition) is 2. The molecule has 0 saturated carbocycles. The molecule has 0 fully saturated rings. The number of carbonyl (C=O) groups excluding carboxylic acids is 2. The number of para-hydroxylation sites is 1. The number of hydrogen-bond acceptors (Lipinski definition) is 4. The quantitative estimate of drug-likeness (QED) is 0.725. The summed E-state index contributed by atoms with van der Waals surface area (Å²) in [5.74, 6) is -1.13. The van der Waals surface area contributed by atoms with Gasteiger partial charge in [0.25, 0.3) is 11.8 Å². The SMILES string of the molecule is COc1nn(C)cc1C(=O)Nc1ccc(C(=O)Nc2ccccc2F)cc1. The number of benzene rings is 2. The first kappa shape index (κ1) is 18.1. The van der Waals surface area contributed by atoms with Crippen molar-refractivity contribution in [1.29, 1.82) is 0 Å². The Labute approximate surface area is 154 Å². The molecule has 0 radical (unpaired) electrons. The van der Waals surface area contributed by atoms with Gasteiger partial charge in [-0.3, -0.25) is 14.3 Å². The van der Waals surface area contributed by atoms with Gasteiger partial charge in [-0.2, -0.15) is 0 Å². The van der Waals surface area contributed by atoms with Crippen LogP contribution >= 0.6 is 0 Å². The number of nitrogens with zero attached hydrogens (tertiary/aromatic N) is 2. The second-order valence-corrected chi connectivity index (χ2v) is 5.69. The number of halogens is 1. The number of rotatable bonds is 5. The molecule has 0 saturated heterocycles. The normalized spacial score (nSPS) is 10.3. The third kappa shape index (κ3) is 4.12. The van der Waals surface area contributed by atoms with Gasteiger partial charge in [0.05, 0.1) is 12.8 Å². The van der Waals surface area contributed by atoms with Crippen molar-refractivity contribution in [3.8, 4) is 5.88 Å². The van der Waals surface area contributed by atoms with Crippen molar-refractivity contribution in [2.24, 2.45) is 7.05 Å². The molecule has 8 heteroatoms. The van der Waals surface area contributed by atoms with E-state index in [2.05, 4.69) is 15.7 Å². The Hall–Kier alpha value is -3.68. The molecule has 138 valence electrons. The molecule has 2 amide bonds. The van der Waals surface area contributed by atoms with Crippen molar-refractivity contribution in [2.45, 2.75) is 0 Å². The van der Waals surface area contributed by atoms with Crippen LogP contribution in [0.4, 0.5) is 15.8 Å². The summed E-state index contributed by atoms with van der Waals surface area (Å²) in [5, 5.41) is 9.23. The number of aromatic nitrogens is 2. The van der Waals surface area contributed by atoms with Crippen LogP contribution in [-0.4, -0.2) is 28.7 Å². The summed E-state index contributed by atoms with van der Waals surface area (Å²) in [6.45, 7) is 0. The molecule has 0 bridgehead atoms. The Bertz CT molecular complexity index is 983. The molecule has 7 nitrogen and oxygen atoms in total. The Morgan fingerprint density at radius 2 is 1.74 bits per heavy atom. The monoisotopic (exact) mass is 368 g/mol. The van der Waals surface area contributed by atoms with E-state index in [1.54, 1.807) is 37.5 Å². The minimum atomic E-state index is -0.514. The molecule has 3 rings (SSSR count). The van der Waals surface area contributed by atoms with Crippen LogP contribution in [0.1, 0.15) is 20.7 Å². The Morgan fingerprint density at radius 1 is 1.04 bits per heavy atom. The molecule has 0 atom stereocenters. The van der Waals surface area contributed by atoms with E-state index in [1.807, 2.05) is 0 Å². The van der Waals surface area contributed by atoms with Crippen LogP contribution < -0.4 is 15.4 Å². The topological polar surface area (TPSA) is 85.2 Å². The second-order valence-electron chi connectivity index (χ2n) is 5.69. The van der Waals surface area contributed by atoms with E-state index < -0.39 is 11.7 Å². The Balaban J connectivity index is 1.69. The summed E-state index contributed by atoms with van der Waals surface area (Å²) in [6, 6.07) is 12.1. The van der Waals surface area contributed by atoms with Crippen LogP contribution in [0.2, 0.25) is 0 Å². The smallest absolute Gasteiger partial charge is 0.262 e. The average Bonchev–Trinajstić information content (AvgIpc) is 3.05. The highest BCUT2D eigenvalue weighted by molar-refractivity contribution is 6.07. The Morgan fingerprint density at radius 3 is 2.41 bits per heavy atom. The molecule has 0 aliphatic heterocycles. The highest BCUT2D eigenvalue weighted by atomic mass is 19.1. The predicted molar refractivity (Wildman–Crippen MR) is 98.5 cm³/mol. The van der Waals surface area contributed by atoms with E-state index in [4.69, 9.17) is 4.74 Å². The third-order valence-electron chi connectivity index (χ3n) is 3.76. The second kappa shape index (κ2) is 7.69. The van der Waals surface area contributed by atoms with Crippen molar-refractivity contribution in [3.05, 3.63) is 71.7 Å². The highest BCUT2D eigenvalue weighted by Crippen LogP contribution is 2.19. The lowest BCUT2D eigenvalue weighted by molar-refractivity contribution is 0.101. The summed E-state index contributed by atoms with van der Waals surface area (Å²) >= 11 is 0. The zero-order valence-corrected chi connectivity index (χ0v) is 14.7.